The number of nitrogens with zero attached hydrogens (tertiary/aromatic N) is 5. The normalized spacial score (nSPS) is 20.5. The summed E-state index contributed by atoms with van der Waals surface area (Å²) in [6.45, 7) is 5.80. The lowest BCUT2D eigenvalue weighted by Gasteiger charge is -2.35. The van der Waals surface area contributed by atoms with Crippen LogP contribution >= 0.6 is 23.2 Å². The maximum absolute atomic E-state index is 11.6. The maximum atomic E-state index is 11.6. The Bertz CT molecular complexity index is 1280. The van der Waals surface area contributed by atoms with Crippen LogP contribution in [0.1, 0.15) is 12.5 Å². The first-order chi connectivity index (χ1) is 19.1. The van der Waals surface area contributed by atoms with Crippen LogP contribution in [0.25, 0.3) is 0 Å². The van der Waals surface area contributed by atoms with Crippen LogP contribution in [0.4, 0.5) is 5.69 Å². The lowest BCUT2D eigenvalue weighted by Crippen LogP contribution is -2.48. The van der Waals surface area contributed by atoms with Gasteiger partial charge >= 0.3 is 0 Å². The third-order valence-electron chi connectivity index (χ3n) is 6.51. The monoisotopic (exact) mass is 593 g/mol. The van der Waals surface area contributed by atoms with Crippen molar-refractivity contribution in [1.29, 1.82) is 0 Å². The number of rotatable bonds is 7. The Morgan fingerprint density at radius 3 is 2.50 bits per heavy atom. The zero-order valence-corrected chi connectivity index (χ0v) is 23.2. The highest BCUT2D eigenvalue weighted by Crippen LogP contribution is 2.40. The van der Waals surface area contributed by atoms with Gasteiger partial charge in [-0.15, -0.1) is 10.1 Å². The molecule has 1 aromatic heterocycles. The molecule has 2 saturated heterocycles. The lowest BCUT2D eigenvalue weighted by atomic mass is 10.1. The van der Waals surface area contributed by atoms with Crippen molar-refractivity contribution in [3.8, 4) is 5.75 Å². The number of halogens is 2. The average Bonchev–Trinajstić information content (AvgIpc) is 3.58. The van der Waals surface area contributed by atoms with E-state index in [1.54, 1.807) is 31.6 Å². The van der Waals surface area contributed by atoms with Crippen LogP contribution in [0.15, 0.2) is 61.2 Å². The molecule has 1 N–H and O–H groups in total. The number of carbonyl (C=O) groups is 1. The molecule has 14 heteroatoms. The zero-order chi connectivity index (χ0) is 28.7. The highest BCUT2D eigenvalue weighted by molar-refractivity contribution is 6.35. The molecule has 2 fully saturated rings. The summed E-state index contributed by atoms with van der Waals surface area (Å²) in [5.74, 6) is -0.201. The van der Waals surface area contributed by atoms with Gasteiger partial charge in [0.05, 0.1) is 24.5 Å². The zero-order valence-electron chi connectivity index (χ0n) is 21.7. The molecular formula is C26H29Cl2N5O7. The van der Waals surface area contributed by atoms with Crippen LogP contribution in [-0.2, 0) is 26.6 Å². The van der Waals surface area contributed by atoms with E-state index in [4.69, 9.17) is 52.7 Å². The Hall–Kier alpha value is -3.58. The highest BCUT2D eigenvalue weighted by Gasteiger charge is 2.45. The van der Waals surface area contributed by atoms with Crippen LogP contribution in [0.5, 0.6) is 5.75 Å². The number of hydrogen-bond acceptors (Lipinski definition) is 8. The molecule has 1 unspecified atom stereocenters. The van der Waals surface area contributed by atoms with Crippen molar-refractivity contribution in [2.75, 3.05) is 44.3 Å². The fourth-order valence-electron chi connectivity index (χ4n) is 4.60. The molecule has 0 bridgehead atoms. The smallest absolute Gasteiger partial charge is 0.291 e. The summed E-state index contributed by atoms with van der Waals surface area (Å²) >= 11 is 12.7. The summed E-state index contributed by atoms with van der Waals surface area (Å²) in [7, 11) is 0. The minimum Gasteiger partial charge on any atom is -0.491 e. The Morgan fingerprint density at radius 1 is 1.20 bits per heavy atom. The Balaban J connectivity index is 0.000000867. The van der Waals surface area contributed by atoms with Gasteiger partial charge in [0.2, 0.25) is 11.7 Å². The molecule has 2 aliphatic heterocycles. The predicted octanol–water partition coefficient (Wildman–Crippen LogP) is 3.86. The van der Waals surface area contributed by atoms with Crippen LogP contribution in [0.2, 0.25) is 10.0 Å². The van der Waals surface area contributed by atoms with Gasteiger partial charge in [0.1, 0.15) is 18.5 Å². The number of benzene rings is 2. The number of imidazole rings is 1. The molecule has 0 saturated carbocycles. The number of aromatic nitrogens is 2. The second kappa shape index (κ2) is 13.2. The Morgan fingerprint density at radius 2 is 1.90 bits per heavy atom. The van der Waals surface area contributed by atoms with E-state index >= 15 is 0 Å². The Kier molecular flexibility index (Phi) is 9.69. The molecule has 0 aliphatic carbocycles. The number of amides is 1. The SMILES string of the molecule is CC(=O)N1CCN(c2ccc(OCC3CO[C@](Cn4ccnc4)(c4ccc(Cl)cc4Cl)O3)cc2)CC1.O=[N+]([O-])O. The summed E-state index contributed by atoms with van der Waals surface area (Å²) in [5.41, 5.74) is 1.82. The van der Waals surface area contributed by atoms with Crippen LogP contribution in [0, 0.1) is 10.1 Å². The van der Waals surface area contributed by atoms with Crippen molar-refractivity contribution in [1.82, 2.24) is 14.5 Å². The fourth-order valence-corrected chi connectivity index (χ4v) is 5.15. The molecule has 2 aliphatic rings. The summed E-state index contributed by atoms with van der Waals surface area (Å²) in [6, 6.07) is 13.3. The Labute approximate surface area is 240 Å². The standard InChI is InChI=1S/C26H28Cl2N4O4.HNO3/c1-19(33)31-10-12-32(13-11-31)21-3-5-22(6-4-21)34-15-23-16-35-26(36-23,17-30-9-8-29-18-30)24-7-2-20(27)14-25(24)28;2-1(3)4/h2-9,14,18,23H,10-13,15-17H2,1H3;(H,2,3,4)/t23?,26-;/m0./s1. The molecule has 214 valence electrons. The van der Waals surface area contributed by atoms with Crippen molar-refractivity contribution in [3.63, 3.8) is 0 Å². The molecule has 1 amide bonds. The minimum atomic E-state index is -1.50. The van der Waals surface area contributed by atoms with Gasteiger partial charge in [-0.3, -0.25) is 4.79 Å². The molecule has 3 aromatic rings. The van der Waals surface area contributed by atoms with Gasteiger partial charge in [0.15, 0.2) is 0 Å². The van der Waals surface area contributed by atoms with Crippen molar-refractivity contribution in [3.05, 3.63) is 86.9 Å². The van der Waals surface area contributed by atoms with E-state index in [1.165, 1.54) is 0 Å². The first-order valence-electron chi connectivity index (χ1n) is 12.4. The fraction of sp³-hybridized carbons (Fsp3) is 0.385. The highest BCUT2D eigenvalue weighted by atomic mass is 35.5. The number of anilines is 1. The van der Waals surface area contributed by atoms with E-state index in [0.29, 0.717) is 35.4 Å². The van der Waals surface area contributed by atoms with E-state index in [-0.39, 0.29) is 12.0 Å². The molecular weight excluding hydrogens is 565 g/mol. The maximum Gasteiger partial charge on any atom is 0.291 e. The van der Waals surface area contributed by atoms with Gasteiger partial charge in [-0.05, 0) is 36.4 Å². The second-order valence-electron chi connectivity index (χ2n) is 9.20. The third-order valence-corrected chi connectivity index (χ3v) is 7.06. The second-order valence-corrected chi connectivity index (χ2v) is 10.0. The first-order valence-corrected chi connectivity index (χ1v) is 13.2. The van der Waals surface area contributed by atoms with E-state index in [9.17, 15) is 4.79 Å². The van der Waals surface area contributed by atoms with Gasteiger partial charge in [-0.25, -0.2) is 4.98 Å². The molecule has 0 spiro atoms. The minimum absolute atomic E-state index is 0.129. The van der Waals surface area contributed by atoms with Crippen molar-refractivity contribution >= 4 is 34.8 Å². The third kappa shape index (κ3) is 7.54. The molecule has 12 nitrogen and oxygen atoms in total. The summed E-state index contributed by atoms with van der Waals surface area (Å²) < 4.78 is 20.6. The number of hydrogen-bond donors (Lipinski definition) is 1. The molecule has 2 atom stereocenters. The molecule has 2 aromatic carbocycles. The van der Waals surface area contributed by atoms with Crippen molar-refractivity contribution in [2.45, 2.75) is 25.4 Å². The van der Waals surface area contributed by atoms with Gasteiger partial charge in [-0.2, -0.15) is 0 Å². The van der Waals surface area contributed by atoms with Gasteiger partial charge < -0.3 is 33.8 Å². The molecule has 40 heavy (non-hydrogen) atoms. The van der Waals surface area contributed by atoms with Crippen LogP contribution in [0.3, 0.4) is 0 Å². The first kappa shape index (κ1) is 29.4. The van der Waals surface area contributed by atoms with Gasteiger partial charge in [0, 0.05) is 61.8 Å². The van der Waals surface area contributed by atoms with E-state index in [0.717, 1.165) is 37.6 Å². The number of carbonyl (C=O) groups excluding carboxylic acids is 1. The summed E-state index contributed by atoms with van der Waals surface area (Å²) in [5, 5.41) is 14.7. The topological polar surface area (TPSA) is 132 Å². The number of piperazine rings is 1. The quantitative estimate of drug-likeness (QED) is 0.320. The molecule has 5 rings (SSSR count). The number of ether oxygens (including phenoxy) is 3. The van der Waals surface area contributed by atoms with Gasteiger partial charge in [-0.1, -0.05) is 29.3 Å². The summed E-state index contributed by atoms with van der Waals surface area (Å²) in [6.07, 6.45) is 4.98. The van der Waals surface area contributed by atoms with Crippen LogP contribution in [-0.4, -0.2) is 76.1 Å². The van der Waals surface area contributed by atoms with Crippen molar-refractivity contribution in [2.24, 2.45) is 0 Å². The molecule has 0 radical (unpaired) electrons. The van der Waals surface area contributed by atoms with Crippen LogP contribution < -0.4 is 9.64 Å². The largest absolute Gasteiger partial charge is 0.491 e. The summed E-state index contributed by atoms with van der Waals surface area (Å²) in [4.78, 5) is 28.2. The van der Waals surface area contributed by atoms with E-state index < -0.39 is 10.9 Å². The lowest BCUT2D eigenvalue weighted by molar-refractivity contribution is -0.742. The average molecular weight is 594 g/mol. The molecule has 3 heterocycles. The van der Waals surface area contributed by atoms with E-state index in [1.807, 2.05) is 46.0 Å². The van der Waals surface area contributed by atoms with Gasteiger partial charge in [0.25, 0.3) is 5.09 Å². The van der Waals surface area contributed by atoms with E-state index in [2.05, 4.69) is 9.88 Å². The van der Waals surface area contributed by atoms with Crippen molar-refractivity contribution < 1.29 is 29.3 Å². The predicted molar refractivity (Wildman–Crippen MR) is 146 cm³/mol.